The Hall–Kier alpha value is -3.19. The molecule has 0 aliphatic carbocycles. The van der Waals surface area contributed by atoms with Crippen LogP contribution in [-0.4, -0.2) is 37.8 Å². The molecule has 0 bridgehead atoms. The smallest absolute Gasteiger partial charge is 0.295 e. The first-order chi connectivity index (χ1) is 14.6. The molecule has 1 amide bonds. The Balaban J connectivity index is 1.72. The molecule has 0 saturated carbocycles. The van der Waals surface area contributed by atoms with Crippen molar-refractivity contribution in [1.82, 2.24) is 14.5 Å². The van der Waals surface area contributed by atoms with Gasteiger partial charge in [0.2, 0.25) is 0 Å². The minimum Gasteiger partial charge on any atom is -0.507 e. The number of aliphatic hydroxyl groups is 1. The summed E-state index contributed by atoms with van der Waals surface area (Å²) in [6, 6.07) is 15.7. The zero-order chi connectivity index (χ0) is 21.1. The average Bonchev–Trinajstić information content (AvgIpc) is 3.37. The number of carbonyl (C=O) groups is 2. The van der Waals surface area contributed by atoms with Crippen LogP contribution in [0.5, 0.6) is 0 Å². The Kier molecular flexibility index (Phi) is 5.81. The van der Waals surface area contributed by atoms with Crippen molar-refractivity contribution in [3.05, 3.63) is 94.5 Å². The van der Waals surface area contributed by atoms with E-state index in [2.05, 4.69) is 20.9 Å². The Labute approximate surface area is 182 Å². The number of likely N-dealkylation sites (tertiary alicyclic amines) is 1. The number of nitrogens with zero attached hydrogens (tertiary/aromatic N) is 3. The summed E-state index contributed by atoms with van der Waals surface area (Å²) in [5.74, 6) is -1.41. The molecule has 1 aromatic heterocycles. The number of aryl methyl sites for hydroxylation is 1. The molecule has 1 aliphatic rings. The number of halogens is 1. The first-order valence-electron chi connectivity index (χ1n) is 9.61. The van der Waals surface area contributed by atoms with Gasteiger partial charge in [-0.05, 0) is 24.1 Å². The normalized spacial score (nSPS) is 18.2. The van der Waals surface area contributed by atoms with Crippen molar-refractivity contribution >= 4 is 33.4 Å². The highest BCUT2D eigenvalue weighted by Gasteiger charge is 2.45. The van der Waals surface area contributed by atoms with E-state index in [4.69, 9.17) is 0 Å². The zero-order valence-electron chi connectivity index (χ0n) is 16.1. The van der Waals surface area contributed by atoms with E-state index in [0.29, 0.717) is 25.1 Å². The maximum absolute atomic E-state index is 12.9. The van der Waals surface area contributed by atoms with E-state index >= 15 is 0 Å². The van der Waals surface area contributed by atoms with Gasteiger partial charge in [0.15, 0.2) is 0 Å². The number of rotatable bonds is 6. The van der Waals surface area contributed by atoms with E-state index in [1.807, 2.05) is 41.1 Å². The molecular weight excluding hydrogens is 446 g/mol. The maximum atomic E-state index is 12.9. The van der Waals surface area contributed by atoms with Crippen LogP contribution in [0.25, 0.3) is 5.76 Å². The van der Waals surface area contributed by atoms with Crippen molar-refractivity contribution in [2.24, 2.45) is 0 Å². The molecule has 2 aromatic carbocycles. The largest absolute Gasteiger partial charge is 0.507 e. The third-order valence-corrected chi connectivity index (χ3v) is 5.68. The molecule has 7 heteroatoms. The number of imidazole rings is 1. The summed E-state index contributed by atoms with van der Waals surface area (Å²) in [7, 11) is 0. The number of aliphatic hydroxyl groups excluding tert-OH is 1. The molecular formula is C23H20BrN3O3. The summed E-state index contributed by atoms with van der Waals surface area (Å²) >= 11 is 3.42. The molecule has 4 rings (SSSR count). The van der Waals surface area contributed by atoms with Crippen molar-refractivity contribution < 1.29 is 14.7 Å². The molecule has 1 unspecified atom stereocenters. The topological polar surface area (TPSA) is 75.4 Å². The van der Waals surface area contributed by atoms with E-state index < -0.39 is 17.7 Å². The van der Waals surface area contributed by atoms with Crippen molar-refractivity contribution in [1.29, 1.82) is 0 Å². The van der Waals surface area contributed by atoms with Crippen LogP contribution < -0.4 is 0 Å². The second-order valence-corrected chi connectivity index (χ2v) is 7.98. The van der Waals surface area contributed by atoms with Crippen LogP contribution in [0.3, 0.4) is 0 Å². The van der Waals surface area contributed by atoms with Crippen LogP contribution in [0.1, 0.15) is 23.6 Å². The van der Waals surface area contributed by atoms with E-state index in [1.54, 1.807) is 41.7 Å². The van der Waals surface area contributed by atoms with E-state index in [9.17, 15) is 14.7 Å². The number of benzene rings is 2. The quantitative estimate of drug-likeness (QED) is 0.337. The third kappa shape index (κ3) is 3.93. The lowest BCUT2D eigenvalue weighted by atomic mass is 9.95. The van der Waals surface area contributed by atoms with Crippen molar-refractivity contribution in [3.8, 4) is 0 Å². The van der Waals surface area contributed by atoms with Gasteiger partial charge in [0.1, 0.15) is 5.76 Å². The summed E-state index contributed by atoms with van der Waals surface area (Å²) in [5.41, 5.74) is 1.41. The maximum Gasteiger partial charge on any atom is 0.295 e. The Morgan fingerprint density at radius 3 is 2.43 bits per heavy atom. The van der Waals surface area contributed by atoms with Gasteiger partial charge < -0.3 is 14.6 Å². The summed E-state index contributed by atoms with van der Waals surface area (Å²) in [4.78, 5) is 31.4. The number of hydrogen-bond acceptors (Lipinski definition) is 4. The molecule has 1 saturated heterocycles. The average molecular weight is 466 g/mol. The lowest BCUT2D eigenvalue weighted by Crippen LogP contribution is -2.31. The fourth-order valence-corrected chi connectivity index (χ4v) is 3.96. The third-order valence-electron chi connectivity index (χ3n) is 5.15. The van der Waals surface area contributed by atoms with Gasteiger partial charge >= 0.3 is 0 Å². The molecule has 1 N–H and O–H groups in total. The number of ketones is 1. The predicted octanol–water partition coefficient (Wildman–Crippen LogP) is 4.16. The first-order valence-corrected chi connectivity index (χ1v) is 10.4. The molecule has 3 aromatic rings. The van der Waals surface area contributed by atoms with Crippen LogP contribution >= 0.6 is 15.9 Å². The second-order valence-electron chi connectivity index (χ2n) is 7.06. The van der Waals surface area contributed by atoms with Gasteiger partial charge in [-0.1, -0.05) is 58.4 Å². The van der Waals surface area contributed by atoms with Crippen LogP contribution in [0.4, 0.5) is 0 Å². The molecule has 1 aliphatic heterocycles. The van der Waals surface area contributed by atoms with Gasteiger partial charge in [0, 0.05) is 35.5 Å². The highest BCUT2D eigenvalue weighted by molar-refractivity contribution is 9.10. The minimum atomic E-state index is -0.660. The van der Waals surface area contributed by atoms with Crippen LogP contribution in [-0.2, 0) is 16.1 Å². The zero-order valence-corrected chi connectivity index (χ0v) is 17.7. The Morgan fingerprint density at radius 1 is 1.03 bits per heavy atom. The molecule has 0 spiro atoms. The summed E-state index contributed by atoms with van der Waals surface area (Å²) in [6.07, 6.45) is 5.93. The number of carbonyl (C=O) groups excluding carboxylic acids is 2. The fraction of sp³-hybridized carbons (Fsp3) is 0.174. The van der Waals surface area contributed by atoms with Gasteiger partial charge in [-0.2, -0.15) is 0 Å². The van der Waals surface area contributed by atoms with Gasteiger partial charge in [0.05, 0.1) is 17.9 Å². The molecule has 6 nitrogen and oxygen atoms in total. The molecule has 30 heavy (non-hydrogen) atoms. The molecule has 2 heterocycles. The van der Waals surface area contributed by atoms with Crippen LogP contribution in [0.2, 0.25) is 0 Å². The number of hydrogen-bond donors (Lipinski definition) is 1. The minimum absolute atomic E-state index is 0.121. The van der Waals surface area contributed by atoms with Gasteiger partial charge in [-0.15, -0.1) is 0 Å². The van der Waals surface area contributed by atoms with Gasteiger partial charge in [0.25, 0.3) is 11.7 Å². The van der Waals surface area contributed by atoms with Gasteiger partial charge in [-0.25, -0.2) is 4.98 Å². The van der Waals surface area contributed by atoms with Crippen molar-refractivity contribution in [3.63, 3.8) is 0 Å². The number of amides is 1. The Morgan fingerprint density at radius 2 is 1.77 bits per heavy atom. The first kappa shape index (κ1) is 20.1. The summed E-state index contributed by atoms with van der Waals surface area (Å²) in [5, 5.41) is 10.9. The van der Waals surface area contributed by atoms with E-state index in [0.717, 1.165) is 10.0 Å². The molecule has 1 atom stereocenters. The monoisotopic (exact) mass is 465 g/mol. The highest BCUT2D eigenvalue weighted by atomic mass is 79.9. The Bertz CT molecular complexity index is 1080. The second kappa shape index (κ2) is 8.67. The van der Waals surface area contributed by atoms with Crippen molar-refractivity contribution in [2.75, 3.05) is 6.54 Å². The molecule has 1 fully saturated rings. The predicted molar refractivity (Wildman–Crippen MR) is 116 cm³/mol. The lowest BCUT2D eigenvalue weighted by Gasteiger charge is -2.25. The van der Waals surface area contributed by atoms with Crippen LogP contribution in [0.15, 0.2) is 83.4 Å². The summed E-state index contributed by atoms with van der Waals surface area (Å²) in [6.45, 7) is 1.06. The molecule has 0 radical (unpaired) electrons. The highest BCUT2D eigenvalue weighted by Crippen LogP contribution is 2.39. The standard InChI is InChI=1S/C23H20BrN3O3/c24-18-9-7-16(8-10-18)20-19(21(28)17-5-2-1-3-6-17)22(29)23(30)27(20)13-4-12-26-14-11-25-15-26/h1-3,5-11,14-15,20,28H,4,12-13H2/b21-19-. The summed E-state index contributed by atoms with van der Waals surface area (Å²) < 4.78 is 2.82. The lowest BCUT2D eigenvalue weighted by molar-refractivity contribution is -0.139. The molecule has 152 valence electrons. The van der Waals surface area contributed by atoms with Crippen molar-refractivity contribution in [2.45, 2.75) is 19.0 Å². The van der Waals surface area contributed by atoms with Crippen LogP contribution in [0, 0.1) is 0 Å². The SMILES string of the molecule is O=C1C(=O)N(CCCn2ccnc2)C(c2ccc(Br)cc2)/C1=C(/O)c1ccccc1. The van der Waals surface area contributed by atoms with E-state index in [-0.39, 0.29) is 11.3 Å². The fourth-order valence-electron chi connectivity index (χ4n) is 3.70. The van der Waals surface area contributed by atoms with Gasteiger partial charge in [-0.3, -0.25) is 9.59 Å². The number of aromatic nitrogens is 2. The number of Topliss-reactive ketones (excluding diaryl/α,β-unsaturated/α-hetero) is 1. The van der Waals surface area contributed by atoms with E-state index in [1.165, 1.54) is 0 Å².